The summed E-state index contributed by atoms with van der Waals surface area (Å²) in [5, 5.41) is 13.4. The molecule has 1 aromatic rings. The summed E-state index contributed by atoms with van der Waals surface area (Å²) in [6, 6.07) is 7.52. The Morgan fingerprint density at radius 1 is 1.31 bits per heavy atom. The van der Waals surface area contributed by atoms with Gasteiger partial charge in [0.1, 0.15) is 18.3 Å². The minimum atomic E-state index is -0.635. The Morgan fingerprint density at radius 3 is 2.65 bits per heavy atom. The molecule has 0 bridgehead atoms. The molecular formula is C18H25ClN2O5. The Labute approximate surface area is 159 Å². The first kappa shape index (κ1) is 19.1. The molecule has 1 spiro atoms. The van der Waals surface area contributed by atoms with E-state index in [1.807, 2.05) is 31.2 Å². The van der Waals surface area contributed by atoms with Gasteiger partial charge in [0.2, 0.25) is 0 Å². The Bertz CT molecular complexity index is 650. The number of carbonyl (C=O) groups is 1. The zero-order chi connectivity index (χ0) is 17.4. The molecule has 0 aliphatic carbocycles. The van der Waals surface area contributed by atoms with E-state index in [4.69, 9.17) is 14.2 Å². The Hall–Kier alpha value is -1.70. The SMILES string of the molecule is CC1NC(=O)OC12CCN(CC(O)C1COc3ccccc3O1)CC2.Cl. The molecule has 2 saturated heterocycles. The maximum absolute atomic E-state index is 11.5. The molecule has 3 heterocycles. The van der Waals surface area contributed by atoms with E-state index in [2.05, 4.69) is 10.2 Å². The highest BCUT2D eigenvalue weighted by atomic mass is 35.5. The van der Waals surface area contributed by atoms with Crippen molar-refractivity contribution in [1.29, 1.82) is 0 Å². The van der Waals surface area contributed by atoms with Crippen molar-refractivity contribution < 1.29 is 24.1 Å². The first-order chi connectivity index (χ1) is 12.1. The molecule has 3 unspecified atom stereocenters. The molecule has 1 aromatic carbocycles. The molecule has 3 aliphatic rings. The maximum Gasteiger partial charge on any atom is 0.408 e. The lowest BCUT2D eigenvalue weighted by Crippen LogP contribution is -2.53. The molecular weight excluding hydrogens is 360 g/mol. The van der Waals surface area contributed by atoms with E-state index in [0.717, 1.165) is 31.7 Å². The van der Waals surface area contributed by atoms with Crippen LogP contribution in [0.1, 0.15) is 19.8 Å². The third-order valence-corrected chi connectivity index (χ3v) is 5.53. The van der Waals surface area contributed by atoms with Crippen LogP contribution in [0, 0.1) is 0 Å². The number of para-hydroxylation sites is 2. The molecule has 2 N–H and O–H groups in total. The summed E-state index contributed by atoms with van der Waals surface area (Å²) in [7, 11) is 0. The van der Waals surface area contributed by atoms with Crippen molar-refractivity contribution in [3.8, 4) is 11.5 Å². The van der Waals surface area contributed by atoms with E-state index in [1.54, 1.807) is 0 Å². The number of aliphatic hydroxyl groups excluding tert-OH is 1. The molecule has 0 radical (unpaired) electrons. The smallest absolute Gasteiger partial charge is 0.408 e. The van der Waals surface area contributed by atoms with Gasteiger partial charge < -0.3 is 29.5 Å². The van der Waals surface area contributed by atoms with Crippen molar-refractivity contribution in [3.63, 3.8) is 0 Å². The van der Waals surface area contributed by atoms with Crippen LogP contribution in [0.15, 0.2) is 24.3 Å². The number of piperidine rings is 1. The quantitative estimate of drug-likeness (QED) is 0.823. The fraction of sp³-hybridized carbons (Fsp3) is 0.611. The largest absolute Gasteiger partial charge is 0.486 e. The predicted molar refractivity (Wildman–Crippen MR) is 97.1 cm³/mol. The number of hydrogen-bond acceptors (Lipinski definition) is 6. The van der Waals surface area contributed by atoms with Gasteiger partial charge in [0.15, 0.2) is 17.6 Å². The maximum atomic E-state index is 11.5. The molecule has 8 heteroatoms. The predicted octanol–water partition coefficient (Wildman–Crippen LogP) is 1.57. The number of aliphatic hydroxyl groups is 1. The number of hydrogen-bond donors (Lipinski definition) is 2. The number of amides is 1. The van der Waals surface area contributed by atoms with Crippen LogP contribution < -0.4 is 14.8 Å². The van der Waals surface area contributed by atoms with Crippen LogP contribution in [0.2, 0.25) is 0 Å². The lowest BCUT2D eigenvalue weighted by atomic mass is 9.85. The van der Waals surface area contributed by atoms with Crippen molar-refractivity contribution in [2.75, 3.05) is 26.2 Å². The van der Waals surface area contributed by atoms with Crippen LogP contribution >= 0.6 is 12.4 Å². The number of nitrogens with one attached hydrogen (secondary N) is 1. The standard InChI is InChI=1S/C18H24N2O5.ClH/c1-12-18(25-17(22)19-12)6-8-20(9-7-18)10-13(21)16-11-23-14-4-2-3-5-15(14)24-16;/h2-5,12-13,16,21H,6-11H2,1H3,(H,19,22);1H. The second-order valence-electron chi connectivity index (χ2n) is 7.10. The summed E-state index contributed by atoms with van der Waals surface area (Å²) in [6.45, 7) is 4.40. The van der Waals surface area contributed by atoms with Gasteiger partial charge in [0, 0.05) is 32.5 Å². The van der Waals surface area contributed by atoms with Crippen molar-refractivity contribution in [1.82, 2.24) is 10.2 Å². The third kappa shape index (κ3) is 3.56. The number of rotatable bonds is 3. The van der Waals surface area contributed by atoms with Gasteiger partial charge in [-0.25, -0.2) is 4.79 Å². The Kier molecular flexibility index (Phi) is 5.50. The summed E-state index contributed by atoms with van der Waals surface area (Å²) in [5.74, 6) is 1.39. The molecule has 0 saturated carbocycles. The Balaban J connectivity index is 0.00000196. The number of carbonyl (C=O) groups excluding carboxylic acids is 1. The van der Waals surface area contributed by atoms with Gasteiger partial charge in [-0.2, -0.15) is 0 Å². The third-order valence-electron chi connectivity index (χ3n) is 5.53. The molecule has 0 aromatic heterocycles. The van der Waals surface area contributed by atoms with Crippen molar-refractivity contribution in [3.05, 3.63) is 24.3 Å². The number of ether oxygens (including phenoxy) is 3. The van der Waals surface area contributed by atoms with E-state index in [0.29, 0.717) is 18.9 Å². The first-order valence-electron chi connectivity index (χ1n) is 8.84. The zero-order valence-electron chi connectivity index (χ0n) is 14.7. The van der Waals surface area contributed by atoms with Gasteiger partial charge in [-0.05, 0) is 19.1 Å². The lowest BCUT2D eigenvalue weighted by molar-refractivity contribution is -0.0506. The summed E-state index contributed by atoms with van der Waals surface area (Å²) < 4.78 is 17.1. The number of fused-ring (bicyclic) bond motifs is 1. The van der Waals surface area contributed by atoms with Crippen LogP contribution in [0.5, 0.6) is 11.5 Å². The van der Waals surface area contributed by atoms with Gasteiger partial charge >= 0.3 is 6.09 Å². The normalized spacial score (nSPS) is 28.0. The topological polar surface area (TPSA) is 80.3 Å². The van der Waals surface area contributed by atoms with Crippen LogP contribution in [0.3, 0.4) is 0 Å². The van der Waals surface area contributed by atoms with Gasteiger partial charge in [-0.15, -0.1) is 12.4 Å². The highest BCUT2D eigenvalue weighted by molar-refractivity contribution is 5.85. The lowest BCUT2D eigenvalue weighted by Gasteiger charge is -2.41. The average Bonchev–Trinajstić information content (AvgIpc) is 2.89. The van der Waals surface area contributed by atoms with Crippen LogP contribution in [-0.2, 0) is 4.74 Å². The van der Waals surface area contributed by atoms with Gasteiger partial charge in [-0.3, -0.25) is 0 Å². The van der Waals surface area contributed by atoms with Gasteiger partial charge in [0.25, 0.3) is 0 Å². The Morgan fingerprint density at radius 2 is 2.00 bits per heavy atom. The summed E-state index contributed by atoms with van der Waals surface area (Å²) in [4.78, 5) is 13.7. The van der Waals surface area contributed by atoms with Crippen LogP contribution in [-0.4, -0.2) is 66.2 Å². The van der Waals surface area contributed by atoms with E-state index >= 15 is 0 Å². The van der Waals surface area contributed by atoms with Crippen molar-refractivity contribution in [2.24, 2.45) is 0 Å². The second kappa shape index (κ2) is 7.50. The summed E-state index contributed by atoms with van der Waals surface area (Å²) >= 11 is 0. The first-order valence-corrected chi connectivity index (χ1v) is 8.84. The minimum Gasteiger partial charge on any atom is -0.486 e. The fourth-order valence-corrected chi connectivity index (χ4v) is 3.87. The summed E-state index contributed by atoms with van der Waals surface area (Å²) in [5.41, 5.74) is -0.401. The minimum absolute atomic E-state index is 0. The van der Waals surface area contributed by atoms with E-state index in [9.17, 15) is 9.90 Å². The number of benzene rings is 1. The monoisotopic (exact) mass is 384 g/mol. The van der Waals surface area contributed by atoms with E-state index < -0.39 is 11.7 Å². The number of alkyl carbamates (subject to hydrolysis) is 1. The molecule has 7 nitrogen and oxygen atoms in total. The number of nitrogens with zero attached hydrogens (tertiary/aromatic N) is 1. The highest BCUT2D eigenvalue weighted by Gasteiger charge is 2.48. The average molecular weight is 385 g/mol. The highest BCUT2D eigenvalue weighted by Crippen LogP contribution is 2.34. The molecule has 144 valence electrons. The molecule has 4 rings (SSSR count). The van der Waals surface area contributed by atoms with Crippen molar-refractivity contribution in [2.45, 2.75) is 43.6 Å². The fourth-order valence-electron chi connectivity index (χ4n) is 3.87. The molecule has 1 amide bonds. The van der Waals surface area contributed by atoms with Crippen LogP contribution in [0.25, 0.3) is 0 Å². The van der Waals surface area contributed by atoms with Gasteiger partial charge in [0.05, 0.1) is 6.04 Å². The van der Waals surface area contributed by atoms with E-state index in [-0.39, 0.29) is 30.6 Å². The summed E-state index contributed by atoms with van der Waals surface area (Å²) in [6.07, 6.45) is 0.196. The van der Waals surface area contributed by atoms with Crippen LogP contribution in [0.4, 0.5) is 4.79 Å². The molecule has 2 fully saturated rings. The second-order valence-corrected chi connectivity index (χ2v) is 7.10. The van der Waals surface area contributed by atoms with E-state index in [1.165, 1.54) is 0 Å². The molecule has 3 aliphatic heterocycles. The van der Waals surface area contributed by atoms with Gasteiger partial charge in [-0.1, -0.05) is 12.1 Å². The molecule has 26 heavy (non-hydrogen) atoms. The molecule has 3 atom stereocenters. The zero-order valence-corrected chi connectivity index (χ0v) is 15.5. The number of likely N-dealkylation sites (tertiary alicyclic amines) is 1. The number of halogens is 1. The van der Waals surface area contributed by atoms with Crippen molar-refractivity contribution >= 4 is 18.5 Å². The number of β-amino-alcohol motifs (C(OH)–C–C–N with tert-alkyl or cyclic N) is 1.